The predicted octanol–water partition coefficient (Wildman–Crippen LogP) is 3.58. The summed E-state index contributed by atoms with van der Waals surface area (Å²) >= 11 is 0. The van der Waals surface area contributed by atoms with Crippen LogP contribution in [0.5, 0.6) is 0 Å². The lowest BCUT2D eigenvalue weighted by atomic mass is 10.1. The first-order chi connectivity index (χ1) is 9.83. The molecule has 1 aromatic carbocycles. The molecule has 0 saturated heterocycles. The highest BCUT2D eigenvalue weighted by Crippen LogP contribution is 2.05. The monoisotopic (exact) mass is 276 g/mol. The number of carbonyl (C=O) groups is 1. The van der Waals surface area contributed by atoms with Crippen LogP contribution in [0.1, 0.15) is 44.1 Å². The summed E-state index contributed by atoms with van der Waals surface area (Å²) in [6, 6.07) is 9.69. The molecule has 1 N–H and O–H groups in total. The Hall–Kier alpha value is -1.61. The molecule has 3 nitrogen and oxygen atoms in total. The van der Waals surface area contributed by atoms with E-state index in [0.717, 1.165) is 44.1 Å². The van der Waals surface area contributed by atoms with Gasteiger partial charge in [0.25, 0.3) is 0 Å². The minimum atomic E-state index is -0.283. The van der Waals surface area contributed by atoms with E-state index in [-0.39, 0.29) is 12.6 Å². The minimum Gasteiger partial charge on any atom is -0.463 e. The van der Waals surface area contributed by atoms with Crippen molar-refractivity contribution < 1.29 is 14.6 Å². The number of ether oxygens (including phenoxy) is 1. The first-order valence-corrected chi connectivity index (χ1v) is 7.33. The Labute approximate surface area is 121 Å². The van der Waals surface area contributed by atoms with E-state index >= 15 is 0 Å². The number of aliphatic hydroxyl groups is 1. The number of aliphatic hydroxyl groups excluding tert-OH is 1. The maximum Gasteiger partial charge on any atom is 0.330 e. The third-order valence-electron chi connectivity index (χ3n) is 3.01. The van der Waals surface area contributed by atoms with Crippen molar-refractivity contribution >= 4 is 12.0 Å². The summed E-state index contributed by atoms with van der Waals surface area (Å²) in [5.74, 6) is -0.283. The maximum absolute atomic E-state index is 11.5. The van der Waals surface area contributed by atoms with Crippen LogP contribution in [0, 0.1) is 0 Å². The molecule has 0 bridgehead atoms. The van der Waals surface area contributed by atoms with Gasteiger partial charge in [0, 0.05) is 12.7 Å². The van der Waals surface area contributed by atoms with Gasteiger partial charge >= 0.3 is 5.97 Å². The Bertz CT molecular complexity index is 384. The summed E-state index contributed by atoms with van der Waals surface area (Å²) in [7, 11) is 0. The van der Waals surface area contributed by atoms with Gasteiger partial charge in [-0.1, -0.05) is 56.0 Å². The van der Waals surface area contributed by atoms with E-state index < -0.39 is 0 Å². The van der Waals surface area contributed by atoms with Gasteiger partial charge in [-0.3, -0.25) is 0 Å². The van der Waals surface area contributed by atoms with E-state index in [2.05, 4.69) is 0 Å². The van der Waals surface area contributed by atoms with Gasteiger partial charge in [0.1, 0.15) is 0 Å². The Morgan fingerprint density at radius 3 is 2.35 bits per heavy atom. The van der Waals surface area contributed by atoms with Crippen LogP contribution in [0.2, 0.25) is 0 Å². The van der Waals surface area contributed by atoms with Crippen molar-refractivity contribution in [2.75, 3.05) is 13.2 Å². The van der Waals surface area contributed by atoms with Gasteiger partial charge in [0.05, 0.1) is 6.61 Å². The normalized spacial score (nSPS) is 10.8. The van der Waals surface area contributed by atoms with E-state index in [1.54, 1.807) is 6.08 Å². The van der Waals surface area contributed by atoms with Gasteiger partial charge in [0.2, 0.25) is 0 Å². The number of hydrogen-bond donors (Lipinski definition) is 1. The highest BCUT2D eigenvalue weighted by molar-refractivity contribution is 5.86. The van der Waals surface area contributed by atoms with Crippen LogP contribution in [-0.4, -0.2) is 24.3 Å². The molecule has 1 aromatic rings. The molecular weight excluding hydrogens is 252 g/mol. The molecule has 0 radical (unpaired) electrons. The van der Waals surface area contributed by atoms with Crippen molar-refractivity contribution in [1.29, 1.82) is 0 Å². The molecule has 0 fully saturated rings. The molecule has 0 heterocycles. The summed E-state index contributed by atoms with van der Waals surface area (Å²) in [4.78, 5) is 11.5. The zero-order valence-corrected chi connectivity index (χ0v) is 12.0. The number of esters is 1. The van der Waals surface area contributed by atoms with Gasteiger partial charge in [-0.25, -0.2) is 4.79 Å². The smallest absolute Gasteiger partial charge is 0.330 e. The van der Waals surface area contributed by atoms with Crippen LogP contribution in [0.25, 0.3) is 6.08 Å². The van der Waals surface area contributed by atoms with Gasteiger partial charge in [-0.15, -0.1) is 0 Å². The molecule has 3 heteroatoms. The first-order valence-electron chi connectivity index (χ1n) is 7.33. The molecule has 0 aromatic heterocycles. The summed E-state index contributed by atoms with van der Waals surface area (Å²) in [6.07, 6.45) is 9.45. The quantitative estimate of drug-likeness (QED) is 0.403. The second kappa shape index (κ2) is 11.2. The molecule has 0 atom stereocenters. The molecule has 0 amide bonds. The minimum absolute atomic E-state index is 0.283. The summed E-state index contributed by atoms with van der Waals surface area (Å²) in [5.41, 5.74) is 0.994. The fraction of sp³-hybridized carbons (Fsp3) is 0.471. The molecule has 0 saturated carbocycles. The van der Waals surface area contributed by atoms with Gasteiger partial charge in [-0.05, 0) is 24.5 Å². The third kappa shape index (κ3) is 8.48. The fourth-order valence-electron chi connectivity index (χ4n) is 1.87. The SMILES string of the molecule is O=C(C=Cc1ccccc1)OCCCCCCCCO. The molecule has 0 unspecified atom stereocenters. The first kappa shape index (κ1) is 16.4. The molecule has 1 rings (SSSR count). The van der Waals surface area contributed by atoms with Crippen molar-refractivity contribution in [3.63, 3.8) is 0 Å². The third-order valence-corrected chi connectivity index (χ3v) is 3.01. The fourth-order valence-corrected chi connectivity index (χ4v) is 1.87. The lowest BCUT2D eigenvalue weighted by Gasteiger charge is -2.02. The highest BCUT2D eigenvalue weighted by atomic mass is 16.5. The number of hydrogen-bond acceptors (Lipinski definition) is 3. The Kier molecular flexibility index (Phi) is 9.24. The maximum atomic E-state index is 11.5. The van der Waals surface area contributed by atoms with Crippen LogP contribution in [0.3, 0.4) is 0 Å². The number of unbranched alkanes of at least 4 members (excludes halogenated alkanes) is 5. The van der Waals surface area contributed by atoms with Gasteiger partial charge in [0.15, 0.2) is 0 Å². The number of benzene rings is 1. The molecule has 0 aliphatic heterocycles. The topological polar surface area (TPSA) is 46.5 Å². The van der Waals surface area contributed by atoms with Crippen molar-refractivity contribution in [1.82, 2.24) is 0 Å². The van der Waals surface area contributed by atoms with Gasteiger partial charge < -0.3 is 9.84 Å². The second-order valence-electron chi connectivity index (χ2n) is 4.76. The second-order valence-corrected chi connectivity index (χ2v) is 4.76. The molecular formula is C17H24O3. The van der Waals surface area contributed by atoms with Crippen LogP contribution in [0.4, 0.5) is 0 Å². The van der Waals surface area contributed by atoms with Crippen molar-refractivity contribution in [2.24, 2.45) is 0 Å². The molecule has 0 spiro atoms. The van der Waals surface area contributed by atoms with E-state index in [0.29, 0.717) is 6.61 Å². The van der Waals surface area contributed by atoms with Crippen molar-refractivity contribution in [2.45, 2.75) is 38.5 Å². The average Bonchev–Trinajstić information content (AvgIpc) is 2.49. The largest absolute Gasteiger partial charge is 0.463 e. The summed E-state index contributed by atoms with van der Waals surface area (Å²) in [6.45, 7) is 0.767. The van der Waals surface area contributed by atoms with Crippen LogP contribution >= 0.6 is 0 Å². The number of rotatable bonds is 10. The predicted molar refractivity (Wildman–Crippen MR) is 81.2 cm³/mol. The molecule has 110 valence electrons. The summed E-state index contributed by atoms with van der Waals surface area (Å²) in [5, 5.41) is 8.64. The van der Waals surface area contributed by atoms with Crippen LogP contribution in [0.15, 0.2) is 36.4 Å². The van der Waals surface area contributed by atoms with Gasteiger partial charge in [-0.2, -0.15) is 0 Å². The van der Waals surface area contributed by atoms with E-state index in [4.69, 9.17) is 9.84 Å². The highest BCUT2D eigenvalue weighted by Gasteiger charge is 1.97. The number of carbonyl (C=O) groups excluding carboxylic acids is 1. The van der Waals surface area contributed by atoms with E-state index in [9.17, 15) is 4.79 Å². The lowest BCUT2D eigenvalue weighted by Crippen LogP contribution is -2.02. The lowest BCUT2D eigenvalue weighted by molar-refractivity contribution is -0.137. The molecule has 0 aliphatic carbocycles. The van der Waals surface area contributed by atoms with Crippen molar-refractivity contribution in [3.8, 4) is 0 Å². The zero-order valence-electron chi connectivity index (χ0n) is 12.0. The Balaban J connectivity index is 2.02. The molecule has 0 aliphatic rings. The van der Waals surface area contributed by atoms with E-state index in [1.807, 2.05) is 30.3 Å². The van der Waals surface area contributed by atoms with Crippen LogP contribution < -0.4 is 0 Å². The average molecular weight is 276 g/mol. The standard InChI is InChI=1S/C17H24O3/c18-14-8-3-1-2-4-9-15-20-17(19)13-12-16-10-6-5-7-11-16/h5-7,10-13,18H,1-4,8-9,14-15H2. The Morgan fingerprint density at radius 2 is 1.65 bits per heavy atom. The molecule has 20 heavy (non-hydrogen) atoms. The summed E-state index contributed by atoms with van der Waals surface area (Å²) < 4.78 is 5.13. The van der Waals surface area contributed by atoms with Crippen molar-refractivity contribution in [3.05, 3.63) is 42.0 Å². The van der Waals surface area contributed by atoms with Crippen LogP contribution in [-0.2, 0) is 9.53 Å². The van der Waals surface area contributed by atoms with E-state index in [1.165, 1.54) is 6.08 Å². The Morgan fingerprint density at radius 1 is 1.00 bits per heavy atom. The zero-order chi connectivity index (χ0) is 14.5.